The molecule has 0 aliphatic heterocycles. The largest absolute Gasteiger partial charge is 0.494 e. The Balaban J connectivity index is 1.17. The molecule has 5 aromatic rings. The molecule has 0 aliphatic carbocycles. The first-order valence-electron chi connectivity index (χ1n) is 22.5. The number of esters is 2. The van der Waals surface area contributed by atoms with Crippen LogP contribution in [0.15, 0.2) is 107 Å². The predicted molar refractivity (Wildman–Crippen MR) is 254 cm³/mol. The third-order valence-electron chi connectivity index (χ3n) is 10.5. The maximum atomic E-state index is 14.0. The molecule has 0 radical (unpaired) electrons. The fourth-order valence-electron chi connectivity index (χ4n) is 6.72. The summed E-state index contributed by atoms with van der Waals surface area (Å²) in [6.45, 7) is 4.87. The normalized spacial score (nSPS) is 11.9. The van der Waals surface area contributed by atoms with Crippen molar-refractivity contribution in [1.82, 2.24) is 0 Å². The number of carbonyl (C=O) groups is 2. The molecule has 0 aliphatic rings. The molecule has 0 heterocycles. The molecule has 0 bridgehead atoms. The highest BCUT2D eigenvalue weighted by Gasteiger charge is 2.35. The van der Waals surface area contributed by atoms with Crippen molar-refractivity contribution in [1.29, 1.82) is 0 Å². The lowest BCUT2D eigenvalue weighted by atomic mass is 10.1. The predicted octanol–water partition coefficient (Wildman–Crippen LogP) is 16.4. The zero-order chi connectivity index (χ0) is 49.1. The molecule has 16 heteroatoms. The van der Waals surface area contributed by atoms with Crippen LogP contribution in [0.25, 0.3) is 0 Å². The van der Waals surface area contributed by atoms with Gasteiger partial charge in [0.2, 0.25) is 0 Å². The minimum atomic E-state index is -4.68. The van der Waals surface area contributed by atoms with E-state index in [-0.39, 0.29) is 55.5 Å². The van der Waals surface area contributed by atoms with E-state index in [4.69, 9.17) is 42.1 Å². The summed E-state index contributed by atoms with van der Waals surface area (Å²) in [6.07, 6.45) is 5.34. The highest BCUT2D eigenvalue weighted by molar-refractivity contribution is 6.36. The Morgan fingerprint density at radius 1 is 0.500 bits per heavy atom. The van der Waals surface area contributed by atoms with Crippen LogP contribution in [0.3, 0.4) is 0 Å². The van der Waals surface area contributed by atoms with Crippen LogP contribution in [0, 0.1) is 0 Å². The number of aliphatic imine (C=N–C) groups is 2. The quantitative estimate of drug-likeness (QED) is 0.0201. The molecule has 0 atom stereocenters. The van der Waals surface area contributed by atoms with Crippen LogP contribution < -0.4 is 18.9 Å². The van der Waals surface area contributed by atoms with Gasteiger partial charge in [-0.05, 0) is 90.7 Å². The number of nitrogens with zero attached hydrogens (tertiary/aromatic N) is 2. The van der Waals surface area contributed by atoms with Crippen LogP contribution in [0.4, 0.5) is 37.7 Å². The van der Waals surface area contributed by atoms with Crippen molar-refractivity contribution >= 4 is 58.9 Å². The topological polar surface area (TPSA) is 95.8 Å². The second-order valence-electron chi connectivity index (χ2n) is 15.8. The van der Waals surface area contributed by atoms with Gasteiger partial charge >= 0.3 is 24.3 Å². The van der Waals surface area contributed by atoms with Gasteiger partial charge in [-0.15, -0.1) is 0 Å². The minimum absolute atomic E-state index is 0.0534. The summed E-state index contributed by atoms with van der Waals surface area (Å²) in [5.41, 5.74) is -1.63. The number of unbranched alkanes of at least 4 members (excludes halogenated alkanes) is 10. The van der Waals surface area contributed by atoms with Crippen molar-refractivity contribution in [2.45, 2.75) is 103 Å². The van der Waals surface area contributed by atoms with Crippen LogP contribution in [0.1, 0.15) is 134 Å². The maximum absolute atomic E-state index is 14.0. The third kappa shape index (κ3) is 16.7. The Morgan fingerprint density at radius 3 is 1.24 bits per heavy atom. The second kappa shape index (κ2) is 26.0. The van der Waals surface area contributed by atoms with Crippen LogP contribution in [-0.4, -0.2) is 37.6 Å². The first-order valence-corrected chi connectivity index (χ1v) is 23.2. The minimum Gasteiger partial charge on any atom is -0.494 e. The van der Waals surface area contributed by atoms with Gasteiger partial charge in [-0.2, -0.15) is 26.3 Å². The molecule has 0 saturated heterocycles. The van der Waals surface area contributed by atoms with Crippen molar-refractivity contribution < 1.29 is 54.9 Å². The van der Waals surface area contributed by atoms with Gasteiger partial charge in [-0.25, -0.2) is 9.59 Å². The van der Waals surface area contributed by atoms with Crippen molar-refractivity contribution in [2.24, 2.45) is 9.98 Å². The van der Waals surface area contributed by atoms with E-state index < -0.39 is 35.4 Å². The Bertz CT molecular complexity index is 2330. The molecule has 8 nitrogen and oxygen atoms in total. The lowest BCUT2D eigenvalue weighted by Gasteiger charge is -2.13. The van der Waals surface area contributed by atoms with E-state index >= 15 is 0 Å². The molecule has 0 N–H and O–H groups in total. The molecule has 0 fully saturated rings. The van der Waals surface area contributed by atoms with E-state index in [1.54, 1.807) is 0 Å². The molecule has 0 amide bonds. The van der Waals surface area contributed by atoms with Crippen LogP contribution in [0.5, 0.6) is 23.0 Å². The lowest BCUT2D eigenvalue weighted by Crippen LogP contribution is -2.11. The summed E-state index contributed by atoms with van der Waals surface area (Å²) in [5, 5.41) is -0.169. The van der Waals surface area contributed by atoms with Gasteiger partial charge < -0.3 is 18.9 Å². The Hall–Kier alpha value is -5.86. The Labute approximate surface area is 402 Å². The van der Waals surface area contributed by atoms with Crippen molar-refractivity contribution in [3.05, 3.63) is 140 Å². The lowest BCUT2D eigenvalue weighted by molar-refractivity contribution is -0.138. The average molecular weight is 986 g/mol. The smallest absolute Gasteiger partial charge is 0.418 e. The summed E-state index contributed by atoms with van der Waals surface area (Å²) in [6, 6.07) is 21.0. The number of alkyl halides is 6. The number of carbonyl (C=O) groups excluding carboxylic acids is 2. The van der Waals surface area contributed by atoms with Gasteiger partial charge in [0.05, 0.1) is 56.9 Å². The SMILES string of the molecule is CCCCCCCCOc1ccc(N=Cc2ccc(C(=O)Oc3cc(OC(=O)c4ccc(C=Nc5ccc(OCCCCCCCC)cc5C(F)(F)F)cc4)c(Cl)cc3Cl)cc2)c(C(F)(F)F)c1. The van der Waals surface area contributed by atoms with Crippen molar-refractivity contribution in [3.8, 4) is 23.0 Å². The standard InChI is InChI=1S/C52H52Cl2F6N2O6/c1-3-5-7-9-11-13-27-65-39-23-25-45(41(29-39)51(55,56)57)61-33-35-15-19-37(20-16-35)49(63)67-47-32-48(44(54)31-43(47)53)68-50(64)38-21-17-36(18-22-38)34-62-46-26-24-40(30-42(46)52(58,59)60)66-28-14-12-10-8-6-4-2/h15-26,29-34H,3-14,27-28H2,1-2H3. The zero-order valence-electron chi connectivity index (χ0n) is 37.7. The first kappa shape index (κ1) is 53.1. The molecule has 0 aromatic heterocycles. The van der Waals surface area contributed by atoms with Gasteiger partial charge in [0.1, 0.15) is 11.5 Å². The fourth-order valence-corrected chi connectivity index (χ4v) is 7.18. The number of halogens is 8. The van der Waals surface area contributed by atoms with E-state index in [1.165, 1.54) is 91.3 Å². The summed E-state index contributed by atoms with van der Waals surface area (Å²) in [5.74, 6) is -1.92. The first-order chi connectivity index (χ1) is 32.5. The van der Waals surface area contributed by atoms with Crippen LogP contribution in [-0.2, 0) is 12.4 Å². The van der Waals surface area contributed by atoms with Crippen molar-refractivity contribution in [3.63, 3.8) is 0 Å². The summed E-state index contributed by atoms with van der Waals surface area (Å²) in [7, 11) is 0. The highest BCUT2D eigenvalue weighted by atomic mass is 35.5. The molecule has 362 valence electrons. The van der Waals surface area contributed by atoms with Crippen molar-refractivity contribution in [2.75, 3.05) is 13.2 Å². The summed E-state index contributed by atoms with van der Waals surface area (Å²) >= 11 is 12.6. The average Bonchev–Trinajstić information content (AvgIpc) is 3.31. The number of ether oxygens (including phenoxy) is 4. The van der Waals surface area contributed by atoms with Gasteiger partial charge in [0.25, 0.3) is 0 Å². The van der Waals surface area contributed by atoms with Gasteiger partial charge in [0.15, 0.2) is 11.5 Å². The molecule has 68 heavy (non-hydrogen) atoms. The monoisotopic (exact) mass is 984 g/mol. The molecule has 0 unspecified atom stereocenters. The van der Waals surface area contributed by atoms with E-state index in [1.807, 2.05) is 0 Å². The van der Waals surface area contributed by atoms with Gasteiger partial charge in [-0.1, -0.05) is 126 Å². The zero-order valence-corrected chi connectivity index (χ0v) is 39.2. The molecule has 0 spiro atoms. The number of benzene rings is 5. The number of hydrogen-bond acceptors (Lipinski definition) is 8. The van der Waals surface area contributed by atoms with Crippen LogP contribution >= 0.6 is 23.2 Å². The molecular weight excluding hydrogens is 933 g/mol. The van der Waals surface area contributed by atoms with E-state index in [0.717, 1.165) is 95.2 Å². The Kier molecular flexibility index (Phi) is 20.3. The van der Waals surface area contributed by atoms with Gasteiger partial charge in [-0.3, -0.25) is 9.98 Å². The molecule has 0 saturated carbocycles. The second-order valence-corrected chi connectivity index (χ2v) is 16.7. The Morgan fingerprint density at radius 2 is 0.868 bits per heavy atom. The highest BCUT2D eigenvalue weighted by Crippen LogP contribution is 2.41. The number of rotatable bonds is 24. The van der Waals surface area contributed by atoms with E-state index in [2.05, 4.69) is 23.8 Å². The van der Waals surface area contributed by atoms with E-state index in [0.29, 0.717) is 24.3 Å². The maximum Gasteiger partial charge on any atom is 0.418 e. The third-order valence-corrected chi connectivity index (χ3v) is 11.1. The molecule has 5 rings (SSSR count). The summed E-state index contributed by atoms with van der Waals surface area (Å²) < 4.78 is 106. The fraction of sp³-hybridized carbons (Fsp3) is 0.346. The molecule has 5 aromatic carbocycles. The number of hydrogen-bond donors (Lipinski definition) is 0. The molecular formula is C52H52Cl2F6N2O6. The van der Waals surface area contributed by atoms with E-state index in [9.17, 15) is 35.9 Å². The van der Waals surface area contributed by atoms with Gasteiger partial charge in [0, 0.05) is 18.5 Å². The summed E-state index contributed by atoms with van der Waals surface area (Å²) in [4.78, 5) is 34.3. The van der Waals surface area contributed by atoms with Crippen LogP contribution in [0.2, 0.25) is 10.0 Å².